The van der Waals surface area contributed by atoms with Gasteiger partial charge in [0.15, 0.2) is 0 Å². The molecule has 11 nitrogen and oxygen atoms in total. The van der Waals surface area contributed by atoms with Gasteiger partial charge in [0.25, 0.3) is 0 Å². The Morgan fingerprint density at radius 1 is 0.814 bits per heavy atom. The number of carbonyl (C=O) groups is 4. The van der Waals surface area contributed by atoms with Gasteiger partial charge < -0.3 is 31.4 Å². The van der Waals surface area contributed by atoms with Crippen LogP contribution >= 0.6 is 0 Å². The van der Waals surface area contributed by atoms with Gasteiger partial charge in [-0.1, -0.05) is 78.9 Å². The molecule has 11 heteroatoms. The highest BCUT2D eigenvalue weighted by Gasteiger charge is 2.31. The number of imidazole rings is 1. The molecule has 4 aromatic rings. The lowest BCUT2D eigenvalue weighted by Gasteiger charge is -2.23. The lowest BCUT2D eigenvalue weighted by atomic mass is 9.98. The molecular formula is C32H32N6O5. The van der Waals surface area contributed by atoms with Gasteiger partial charge in [-0.15, -0.1) is 0 Å². The first-order chi connectivity index (χ1) is 20.9. The Morgan fingerprint density at radius 2 is 1.44 bits per heavy atom. The van der Waals surface area contributed by atoms with Crippen LogP contribution in [0.2, 0.25) is 0 Å². The molecule has 0 fully saturated rings. The van der Waals surface area contributed by atoms with Crippen LogP contribution in [-0.2, 0) is 32.0 Å². The van der Waals surface area contributed by atoms with E-state index < -0.39 is 35.9 Å². The molecule has 1 heterocycles. The number of aromatic amines is 1. The van der Waals surface area contributed by atoms with Crippen LogP contribution in [-0.4, -0.2) is 59.0 Å². The van der Waals surface area contributed by atoms with Crippen molar-refractivity contribution >= 4 is 23.8 Å². The predicted molar refractivity (Wildman–Crippen MR) is 159 cm³/mol. The van der Waals surface area contributed by atoms with Crippen molar-refractivity contribution in [1.29, 1.82) is 0 Å². The summed E-state index contributed by atoms with van der Waals surface area (Å²) in [7, 11) is 0. The minimum absolute atomic E-state index is 0.0665. The van der Waals surface area contributed by atoms with Gasteiger partial charge in [-0.05, 0) is 27.8 Å². The number of H-pyrrole nitrogens is 1. The fraction of sp³-hybridized carbons (Fsp3) is 0.219. The van der Waals surface area contributed by atoms with Crippen molar-refractivity contribution in [3.8, 4) is 11.1 Å². The lowest BCUT2D eigenvalue weighted by Crippen LogP contribution is -2.55. The van der Waals surface area contributed by atoms with E-state index in [4.69, 9.17) is 10.5 Å². The maximum absolute atomic E-state index is 13.5. The minimum Gasteiger partial charge on any atom is -0.449 e. The number of alkyl carbamates (subject to hydrolysis) is 1. The quantitative estimate of drug-likeness (QED) is 0.172. The second-order valence-electron chi connectivity index (χ2n) is 10.2. The van der Waals surface area contributed by atoms with Crippen LogP contribution in [0.15, 0.2) is 91.4 Å². The Morgan fingerprint density at radius 3 is 2.07 bits per heavy atom. The SMILES string of the molecule is NC(=O)CNC(=O)[C@H](Cc1ccccc1)NC(=O)[C@H](Cc1cnc[nH]1)NC(=O)OCC1c2ccccc2-c2ccccc21. The molecule has 1 aromatic heterocycles. The first kappa shape index (κ1) is 29.1. The smallest absolute Gasteiger partial charge is 0.407 e. The van der Waals surface area contributed by atoms with E-state index in [2.05, 4.69) is 25.9 Å². The van der Waals surface area contributed by atoms with E-state index in [0.717, 1.165) is 27.8 Å². The summed E-state index contributed by atoms with van der Waals surface area (Å²) in [5, 5.41) is 7.83. The number of amides is 4. The summed E-state index contributed by atoms with van der Waals surface area (Å²) in [6.07, 6.45) is 2.45. The fourth-order valence-electron chi connectivity index (χ4n) is 5.24. The summed E-state index contributed by atoms with van der Waals surface area (Å²) >= 11 is 0. The molecule has 0 unspecified atom stereocenters. The topological polar surface area (TPSA) is 168 Å². The summed E-state index contributed by atoms with van der Waals surface area (Å²) in [6.45, 7) is -0.306. The highest BCUT2D eigenvalue weighted by atomic mass is 16.5. The van der Waals surface area contributed by atoms with E-state index in [1.165, 1.54) is 6.33 Å². The van der Waals surface area contributed by atoms with Crippen molar-refractivity contribution in [2.24, 2.45) is 5.73 Å². The molecular weight excluding hydrogens is 548 g/mol. The molecule has 3 aromatic carbocycles. The number of aromatic nitrogens is 2. The van der Waals surface area contributed by atoms with Crippen molar-refractivity contribution in [2.45, 2.75) is 30.8 Å². The molecule has 2 atom stereocenters. The monoisotopic (exact) mass is 580 g/mol. The van der Waals surface area contributed by atoms with Crippen LogP contribution in [0.25, 0.3) is 11.1 Å². The van der Waals surface area contributed by atoms with E-state index in [1.807, 2.05) is 78.9 Å². The zero-order chi connectivity index (χ0) is 30.2. The van der Waals surface area contributed by atoms with Crippen molar-refractivity contribution in [3.63, 3.8) is 0 Å². The van der Waals surface area contributed by atoms with Gasteiger partial charge in [-0.25, -0.2) is 9.78 Å². The highest BCUT2D eigenvalue weighted by Crippen LogP contribution is 2.44. The maximum atomic E-state index is 13.5. The molecule has 0 saturated carbocycles. The number of nitrogens with two attached hydrogens (primary N) is 1. The molecule has 5 rings (SSSR count). The molecule has 0 saturated heterocycles. The second-order valence-corrected chi connectivity index (χ2v) is 10.2. The van der Waals surface area contributed by atoms with Gasteiger partial charge in [-0.3, -0.25) is 14.4 Å². The lowest BCUT2D eigenvalue weighted by molar-refractivity contribution is -0.130. The Balaban J connectivity index is 1.29. The molecule has 220 valence electrons. The average molecular weight is 581 g/mol. The number of fused-ring (bicyclic) bond motifs is 3. The van der Waals surface area contributed by atoms with E-state index >= 15 is 0 Å². The third-order valence-electron chi connectivity index (χ3n) is 7.28. The molecule has 0 aliphatic heterocycles. The number of nitrogens with zero attached hydrogens (tertiary/aromatic N) is 1. The van der Waals surface area contributed by atoms with Crippen molar-refractivity contribution in [2.75, 3.05) is 13.2 Å². The van der Waals surface area contributed by atoms with Crippen LogP contribution in [0.4, 0.5) is 4.79 Å². The predicted octanol–water partition coefficient (Wildman–Crippen LogP) is 2.19. The van der Waals surface area contributed by atoms with Gasteiger partial charge in [-0.2, -0.15) is 0 Å². The Hall–Kier alpha value is -5.45. The zero-order valence-electron chi connectivity index (χ0n) is 23.3. The molecule has 0 bridgehead atoms. The van der Waals surface area contributed by atoms with Crippen molar-refractivity contribution in [3.05, 3.63) is 114 Å². The summed E-state index contributed by atoms with van der Waals surface area (Å²) in [6, 6.07) is 22.9. The van der Waals surface area contributed by atoms with Crippen LogP contribution in [0.3, 0.4) is 0 Å². The summed E-state index contributed by atoms with van der Waals surface area (Å²) in [5.74, 6) is -2.06. The second kappa shape index (κ2) is 13.5. The van der Waals surface area contributed by atoms with Crippen LogP contribution in [0.1, 0.15) is 28.3 Å². The Labute approximate surface area is 248 Å². The van der Waals surface area contributed by atoms with Crippen LogP contribution in [0.5, 0.6) is 0 Å². The maximum Gasteiger partial charge on any atom is 0.407 e. The minimum atomic E-state index is -1.10. The van der Waals surface area contributed by atoms with Gasteiger partial charge in [0.05, 0.1) is 12.9 Å². The Kier molecular flexibility index (Phi) is 9.11. The van der Waals surface area contributed by atoms with Crippen LogP contribution < -0.4 is 21.7 Å². The number of ether oxygens (including phenoxy) is 1. The number of nitrogens with one attached hydrogen (secondary N) is 4. The number of primary amides is 1. The van der Waals surface area contributed by atoms with Gasteiger partial charge in [0, 0.05) is 30.7 Å². The number of benzene rings is 3. The zero-order valence-corrected chi connectivity index (χ0v) is 23.3. The van der Waals surface area contributed by atoms with E-state index in [1.54, 1.807) is 6.20 Å². The number of rotatable bonds is 12. The molecule has 0 radical (unpaired) electrons. The summed E-state index contributed by atoms with van der Waals surface area (Å²) in [5.41, 5.74) is 10.9. The number of carbonyl (C=O) groups excluding carboxylic acids is 4. The fourth-order valence-corrected chi connectivity index (χ4v) is 5.24. The molecule has 6 N–H and O–H groups in total. The van der Waals surface area contributed by atoms with E-state index in [-0.39, 0.29) is 31.9 Å². The number of hydrogen-bond acceptors (Lipinski definition) is 6. The van der Waals surface area contributed by atoms with Gasteiger partial charge >= 0.3 is 6.09 Å². The highest BCUT2D eigenvalue weighted by molar-refractivity contribution is 5.93. The molecule has 4 amide bonds. The normalized spacial score (nSPS) is 13.2. The van der Waals surface area contributed by atoms with E-state index in [0.29, 0.717) is 5.69 Å². The van der Waals surface area contributed by atoms with E-state index in [9.17, 15) is 19.2 Å². The standard InChI is InChI=1S/C32H32N6O5/c33-29(39)17-35-30(40)27(14-20-8-2-1-3-9-20)37-31(41)28(15-21-16-34-19-36-21)38-32(42)43-18-26-24-12-6-4-10-22(24)23-11-5-7-13-25(23)26/h1-13,16,19,26-28H,14-15,17-18H2,(H2,33,39)(H,34,36)(H,35,40)(H,37,41)(H,38,42)/t27-,28-/m0/s1. The molecule has 0 spiro atoms. The third kappa shape index (κ3) is 7.25. The van der Waals surface area contributed by atoms with Crippen LogP contribution in [0, 0.1) is 0 Å². The summed E-state index contributed by atoms with van der Waals surface area (Å²) < 4.78 is 5.67. The third-order valence-corrected chi connectivity index (χ3v) is 7.28. The molecule has 43 heavy (non-hydrogen) atoms. The first-order valence-corrected chi connectivity index (χ1v) is 13.9. The molecule has 1 aliphatic rings. The first-order valence-electron chi connectivity index (χ1n) is 13.9. The Bertz CT molecular complexity index is 1550. The van der Waals surface area contributed by atoms with Gasteiger partial charge in [0.2, 0.25) is 17.7 Å². The number of hydrogen-bond donors (Lipinski definition) is 5. The van der Waals surface area contributed by atoms with Crippen molar-refractivity contribution < 1.29 is 23.9 Å². The largest absolute Gasteiger partial charge is 0.449 e. The summed E-state index contributed by atoms with van der Waals surface area (Å²) in [4.78, 5) is 57.8. The van der Waals surface area contributed by atoms with Gasteiger partial charge in [0.1, 0.15) is 18.7 Å². The average Bonchev–Trinajstić information content (AvgIpc) is 3.64. The molecule has 1 aliphatic carbocycles. The van der Waals surface area contributed by atoms with Crippen molar-refractivity contribution in [1.82, 2.24) is 25.9 Å².